The zero-order valence-corrected chi connectivity index (χ0v) is 25.7. The summed E-state index contributed by atoms with van der Waals surface area (Å²) in [4.78, 5) is 13.0. The van der Waals surface area contributed by atoms with E-state index in [0.717, 1.165) is 12.5 Å². The molecule has 2 heterocycles. The molecule has 0 radical (unpaired) electrons. The molecule has 3 rings (SSSR count). The Hall–Kier alpha value is -2.24. The number of halogens is 4. The zero-order valence-electron chi connectivity index (χ0n) is 24.8. The molecule has 41 heavy (non-hydrogen) atoms. The van der Waals surface area contributed by atoms with Gasteiger partial charge >= 0.3 is 6.18 Å². The predicted octanol–water partition coefficient (Wildman–Crippen LogP) is 7.11. The van der Waals surface area contributed by atoms with E-state index >= 15 is 4.39 Å². The molecule has 1 saturated heterocycles. The van der Waals surface area contributed by atoms with Gasteiger partial charge in [-0.05, 0) is 77.1 Å². The molecule has 1 aliphatic rings. The van der Waals surface area contributed by atoms with Gasteiger partial charge < -0.3 is 14.6 Å². The fraction of sp³-hybridized carbons (Fsp3) is 0.633. The molecule has 2 N–H and O–H groups in total. The molecule has 6 nitrogen and oxygen atoms in total. The molecule has 1 amide bonds. The van der Waals surface area contributed by atoms with Gasteiger partial charge in [0, 0.05) is 36.2 Å². The number of nitrogens with zero attached hydrogens (tertiary/aromatic N) is 1. The van der Waals surface area contributed by atoms with Crippen LogP contribution in [0.5, 0.6) is 0 Å². The molecule has 0 spiro atoms. The maximum atomic E-state index is 16.1. The van der Waals surface area contributed by atoms with Crippen molar-refractivity contribution in [1.29, 1.82) is 0 Å². The Balaban J connectivity index is 2.13. The Labute approximate surface area is 243 Å². The van der Waals surface area contributed by atoms with E-state index in [4.69, 9.17) is 4.74 Å². The van der Waals surface area contributed by atoms with Crippen molar-refractivity contribution in [2.75, 3.05) is 13.2 Å². The second kappa shape index (κ2) is 13.4. The molecule has 0 bridgehead atoms. The average molecular weight is 602 g/mol. The van der Waals surface area contributed by atoms with Crippen LogP contribution in [0.3, 0.4) is 0 Å². The Morgan fingerprint density at radius 3 is 2.32 bits per heavy atom. The molecule has 11 heteroatoms. The van der Waals surface area contributed by atoms with Crippen molar-refractivity contribution in [1.82, 2.24) is 14.6 Å². The first-order valence-electron chi connectivity index (χ1n) is 14.3. The molecule has 0 saturated carbocycles. The quantitative estimate of drug-likeness (QED) is 0.270. The monoisotopic (exact) mass is 601 g/mol. The first-order chi connectivity index (χ1) is 19.1. The molecular formula is C30H43F4N3O3S. The third kappa shape index (κ3) is 8.64. The number of alkyl halides is 4. The molecule has 0 aliphatic carbocycles. The number of ether oxygens (including phenoxy) is 1. The number of unbranched alkanes of at least 4 members (excludes halogenated alkanes) is 1. The SMILES string of the molecule is CCCCC(F)(CC)Cn1c(-c2ccc(S(=O)NC(C)(C)C)c(C(F)(F)F)c2)cc(C(=O)NC2CCOCC2)c1C. The van der Waals surface area contributed by atoms with Crippen LogP contribution in [0.1, 0.15) is 94.8 Å². The van der Waals surface area contributed by atoms with E-state index in [1.54, 1.807) is 45.3 Å². The summed E-state index contributed by atoms with van der Waals surface area (Å²) in [6, 6.07) is 5.06. The van der Waals surface area contributed by atoms with Crippen LogP contribution in [-0.2, 0) is 28.4 Å². The lowest BCUT2D eigenvalue weighted by atomic mass is 9.95. The number of hydrogen-bond donors (Lipinski definition) is 2. The van der Waals surface area contributed by atoms with E-state index < -0.39 is 33.9 Å². The smallest absolute Gasteiger partial charge is 0.381 e. The lowest BCUT2D eigenvalue weighted by Gasteiger charge is -2.27. The number of nitrogens with one attached hydrogen (secondary N) is 2. The van der Waals surface area contributed by atoms with Gasteiger partial charge in [0.15, 0.2) is 0 Å². The van der Waals surface area contributed by atoms with E-state index in [-0.39, 0.29) is 40.9 Å². The van der Waals surface area contributed by atoms with Gasteiger partial charge in [0.05, 0.1) is 22.6 Å². The van der Waals surface area contributed by atoms with E-state index in [0.29, 0.717) is 50.3 Å². The van der Waals surface area contributed by atoms with E-state index in [1.807, 2.05) is 6.92 Å². The molecular weight excluding hydrogens is 558 g/mol. The van der Waals surface area contributed by atoms with Crippen LogP contribution in [0.2, 0.25) is 0 Å². The summed E-state index contributed by atoms with van der Waals surface area (Å²) in [5.41, 5.74) is -2.10. The normalized spacial score (nSPS) is 17.3. The van der Waals surface area contributed by atoms with Gasteiger partial charge in [0.2, 0.25) is 0 Å². The summed E-state index contributed by atoms with van der Waals surface area (Å²) in [6.07, 6.45) is -1.48. The third-order valence-corrected chi connectivity index (χ3v) is 8.95. The van der Waals surface area contributed by atoms with E-state index in [1.165, 1.54) is 12.1 Å². The summed E-state index contributed by atoms with van der Waals surface area (Å²) >= 11 is 0. The topological polar surface area (TPSA) is 72.4 Å². The highest BCUT2D eigenvalue weighted by Crippen LogP contribution is 2.38. The van der Waals surface area contributed by atoms with Crippen LogP contribution < -0.4 is 10.0 Å². The fourth-order valence-corrected chi connectivity index (χ4v) is 6.21. The zero-order chi connectivity index (χ0) is 30.6. The fourth-order valence-electron chi connectivity index (χ4n) is 4.97. The molecule has 1 aromatic carbocycles. The van der Waals surface area contributed by atoms with Gasteiger partial charge in [-0.2, -0.15) is 13.2 Å². The van der Waals surface area contributed by atoms with Crippen LogP contribution >= 0.6 is 0 Å². The largest absolute Gasteiger partial charge is 0.417 e. The van der Waals surface area contributed by atoms with Crippen LogP contribution in [0, 0.1) is 6.92 Å². The van der Waals surface area contributed by atoms with E-state index in [2.05, 4.69) is 10.0 Å². The number of carbonyl (C=O) groups is 1. The predicted molar refractivity (Wildman–Crippen MR) is 154 cm³/mol. The molecule has 1 aromatic heterocycles. The van der Waals surface area contributed by atoms with Crippen molar-refractivity contribution in [3.05, 3.63) is 41.1 Å². The molecule has 1 aliphatic heterocycles. The minimum Gasteiger partial charge on any atom is -0.381 e. The summed E-state index contributed by atoms with van der Waals surface area (Å²) < 4.78 is 81.5. The minimum absolute atomic E-state index is 0.0793. The summed E-state index contributed by atoms with van der Waals surface area (Å²) in [7, 11) is -2.12. The van der Waals surface area contributed by atoms with Crippen molar-refractivity contribution >= 4 is 16.9 Å². The number of aromatic nitrogens is 1. The van der Waals surface area contributed by atoms with Gasteiger partial charge in [0.1, 0.15) is 16.7 Å². The number of benzene rings is 1. The van der Waals surface area contributed by atoms with Gasteiger partial charge in [-0.1, -0.05) is 32.8 Å². The maximum Gasteiger partial charge on any atom is 0.417 e. The molecule has 230 valence electrons. The number of rotatable bonds is 11. The highest BCUT2D eigenvalue weighted by atomic mass is 32.2. The van der Waals surface area contributed by atoms with Crippen LogP contribution in [-0.4, -0.2) is 45.1 Å². The highest BCUT2D eigenvalue weighted by molar-refractivity contribution is 7.83. The van der Waals surface area contributed by atoms with Crippen molar-refractivity contribution in [3.63, 3.8) is 0 Å². The lowest BCUT2D eigenvalue weighted by Crippen LogP contribution is -2.39. The van der Waals surface area contributed by atoms with Crippen LogP contribution in [0.4, 0.5) is 17.6 Å². The molecule has 2 atom stereocenters. The Bertz CT molecular complexity index is 1230. The third-order valence-electron chi connectivity index (χ3n) is 7.40. The molecule has 1 fully saturated rings. The Kier molecular flexibility index (Phi) is 10.9. The van der Waals surface area contributed by atoms with Gasteiger partial charge in [-0.15, -0.1) is 0 Å². The van der Waals surface area contributed by atoms with Gasteiger partial charge in [-0.25, -0.2) is 13.3 Å². The van der Waals surface area contributed by atoms with E-state index in [9.17, 15) is 22.2 Å². The second-order valence-corrected chi connectivity index (χ2v) is 13.1. The van der Waals surface area contributed by atoms with Crippen molar-refractivity contribution < 1.29 is 31.3 Å². The minimum atomic E-state index is -4.79. The Morgan fingerprint density at radius 1 is 1.10 bits per heavy atom. The highest BCUT2D eigenvalue weighted by Gasteiger charge is 2.37. The molecule has 2 unspecified atom stereocenters. The second-order valence-electron chi connectivity index (χ2n) is 11.9. The summed E-state index contributed by atoms with van der Waals surface area (Å²) in [5.74, 6) is -0.355. The summed E-state index contributed by atoms with van der Waals surface area (Å²) in [5, 5.41) is 3.01. The number of hydrogen-bond acceptors (Lipinski definition) is 3. The first-order valence-corrected chi connectivity index (χ1v) is 15.4. The number of amides is 1. The standard InChI is InChI=1S/C30H43F4N3O3S/c1-7-9-14-29(31,8-2)19-37-20(3)23(27(38)35-22-12-15-40-16-13-22)18-25(37)21-10-11-26(24(17-21)30(32,33)34)41(39)36-28(4,5)6/h10-11,17-18,22,36H,7-9,12-16,19H2,1-6H3,(H,35,38). The molecule has 2 aromatic rings. The Morgan fingerprint density at radius 2 is 1.76 bits per heavy atom. The van der Waals surface area contributed by atoms with Gasteiger partial charge in [0.25, 0.3) is 5.91 Å². The van der Waals surface area contributed by atoms with Gasteiger partial charge in [-0.3, -0.25) is 4.79 Å². The first kappa shape index (κ1) is 33.3. The van der Waals surface area contributed by atoms with Crippen LogP contribution in [0.15, 0.2) is 29.2 Å². The number of carbonyl (C=O) groups excluding carboxylic acids is 1. The lowest BCUT2D eigenvalue weighted by molar-refractivity contribution is -0.139. The van der Waals surface area contributed by atoms with Crippen molar-refractivity contribution in [2.45, 2.75) is 115 Å². The van der Waals surface area contributed by atoms with Crippen LogP contribution in [0.25, 0.3) is 11.3 Å². The maximum absolute atomic E-state index is 16.1. The average Bonchev–Trinajstić information content (AvgIpc) is 3.21. The van der Waals surface area contributed by atoms with Crippen molar-refractivity contribution in [2.24, 2.45) is 0 Å². The summed E-state index contributed by atoms with van der Waals surface area (Å²) in [6.45, 7) is 11.5. The van der Waals surface area contributed by atoms with Crippen molar-refractivity contribution in [3.8, 4) is 11.3 Å².